The maximum atomic E-state index is 12.8. The Bertz CT molecular complexity index is 695. The molecule has 0 N–H and O–H groups in total. The van der Waals surface area contributed by atoms with E-state index in [0.717, 1.165) is 51.7 Å². The Kier molecular flexibility index (Phi) is 6.99. The van der Waals surface area contributed by atoms with Gasteiger partial charge in [-0.2, -0.15) is 0 Å². The van der Waals surface area contributed by atoms with Gasteiger partial charge < -0.3 is 4.74 Å². The zero-order valence-corrected chi connectivity index (χ0v) is 16.3. The Balaban J connectivity index is 1.58. The number of nitrogens with zero attached hydrogens (tertiary/aromatic N) is 2. The fraction of sp³-hybridized carbons (Fsp3) is 0.478. The van der Waals surface area contributed by atoms with Crippen LogP contribution in [0.3, 0.4) is 0 Å². The third kappa shape index (κ3) is 5.39. The molecule has 2 heterocycles. The van der Waals surface area contributed by atoms with Crippen LogP contribution in [0, 0.1) is 5.41 Å². The molecule has 1 saturated heterocycles. The van der Waals surface area contributed by atoms with Gasteiger partial charge in [0, 0.05) is 18.9 Å². The highest BCUT2D eigenvalue weighted by molar-refractivity contribution is 5.77. The van der Waals surface area contributed by atoms with Crippen molar-refractivity contribution >= 4 is 5.97 Å². The molecule has 0 radical (unpaired) electrons. The number of hydrogen-bond donors (Lipinski definition) is 0. The number of rotatable bonds is 8. The van der Waals surface area contributed by atoms with E-state index < -0.39 is 0 Å². The summed E-state index contributed by atoms with van der Waals surface area (Å²) in [5.41, 5.74) is 2.30. The van der Waals surface area contributed by atoms with E-state index in [4.69, 9.17) is 4.74 Å². The van der Waals surface area contributed by atoms with Gasteiger partial charge >= 0.3 is 5.97 Å². The summed E-state index contributed by atoms with van der Waals surface area (Å²) in [5, 5.41) is 0. The van der Waals surface area contributed by atoms with Gasteiger partial charge in [0.05, 0.1) is 12.0 Å². The van der Waals surface area contributed by atoms with Crippen molar-refractivity contribution in [1.29, 1.82) is 0 Å². The summed E-state index contributed by atoms with van der Waals surface area (Å²) in [7, 11) is 0. The number of aromatic nitrogens is 1. The van der Waals surface area contributed by atoms with E-state index >= 15 is 0 Å². The van der Waals surface area contributed by atoms with Crippen molar-refractivity contribution in [3.63, 3.8) is 0 Å². The van der Waals surface area contributed by atoms with Crippen LogP contribution in [-0.4, -0.2) is 35.5 Å². The topological polar surface area (TPSA) is 42.4 Å². The zero-order chi connectivity index (χ0) is 19.0. The average molecular weight is 367 g/mol. The van der Waals surface area contributed by atoms with Crippen LogP contribution in [-0.2, 0) is 22.5 Å². The number of pyridine rings is 1. The molecule has 0 atom stereocenters. The molecule has 4 nitrogen and oxygen atoms in total. The third-order valence-electron chi connectivity index (χ3n) is 5.64. The molecule has 0 amide bonds. The lowest BCUT2D eigenvalue weighted by Crippen LogP contribution is -2.45. The number of likely N-dealkylation sites (tertiary alicyclic amines) is 1. The van der Waals surface area contributed by atoms with E-state index in [-0.39, 0.29) is 11.4 Å². The summed E-state index contributed by atoms with van der Waals surface area (Å²) in [5.74, 6) is 0.00150. The number of aryl methyl sites for hydroxylation is 1. The Morgan fingerprint density at radius 3 is 2.44 bits per heavy atom. The molecule has 0 saturated carbocycles. The van der Waals surface area contributed by atoms with Crippen LogP contribution >= 0.6 is 0 Å². The molecule has 0 aliphatic carbocycles. The van der Waals surface area contributed by atoms with Crippen LogP contribution in [0.15, 0.2) is 54.9 Å². The molecule has 3 rings (SSSR count). The van der Waals surface area contributed by atoms with Gasteiger partial charge in [-0.1, -0.05) is 30.3 Å². The first-order valence-electron chi connectivity index (χ1n) is 10.0. The summed E-state index contributed by atoms with van der Waals surface area (Å²) in [6.45, 7) is 5.15. The van der Waals surface area contributed by atoms with Crippen LogP contribution in [0.2, 0.25) is 0 Å². The number of esters is 1. The average Bonchev–Trinajstić information content (AvgIpc) is 2.71. The summed E-state index contributed by atoms with van der Waals surface area (Å²) in [6.07, 6.45) is 8.38. The molecule has 1 aliphatic rings. The van der Waals surface area contributed by atoms with Crippen molar-refractivity contribution in [1.82, 2.24) is 9.88 Å². The number of carbonyl (C=O) groups is 1. The second kappa shape index (κ2) is 9.65. The standard InChI is InChI=1S/C23H30N2O2/c1-2-27-22(26)23(12-6-9-20-7-4-3-5-8-20)13-17-25(18-14-23)19-21-10-15-24-16-11-21/h3-5,7-8,10-11,15-16H,2,6,9,12-14,17-19H2,1H3. The van der Waals surface area contributed by atoms with Gasteiger partial charge in [0.2, 0.25) is 0 Å². The Morgan fingerprint density at radius 2 is 1.78 bits per heavy atom. The Morgan fingerprint density at radius 1 is 1.07 bits per heavy atom. The molecule has 1 aliphatic heterocycles. The van der Waals surface area contributed by atoms with Crippen molar-refractivity contribution in [3.05, 3.63) is 66.0 Å². The molecule has 4 heteroatoms. The third-order valence-corrected chi connectivity index (χ3v) is 5.64. The van der Waals surface area contributed by atoms with E-state index in [2.05, 4.69) is 46.3 Å². The van der Waals surface area contributed by atoms with Gasteiger partial charge in [-0.25, -0.2) is 0 Å². The maximum Gasteiger partial charge on any atom is 0.312 e. The molecule has 1 fully saturated rings. The number of piperidine rings is 1. The van der Waals surface area contributed by atoms with Crippen molar-refractivity contribution in [3.8, 4) is 0 Å². The predicted molar refractivity (Wildman–Crippen MR) is 107 cm³/mol. The number of ether oxygens (including phenoxy) is 1. The van der Waals surface area contributed by atoms with Crippen LogP contribution in [0.5, 0.6) is 0 Å². The van der Waals surface area contributed by atoms with Crippen molar-refractivity contribution in [2.24, 2.45) is 5.41 Å². The molecule has 1 aromatic heterocycles. The van der Waals surface area contributed by atoms with E-state index in [1.54, 1.807) is 0 Å². The van der Waals surface area contributed by atoms with E-state index in [1.807, 2.05) is 25.4 Å². The first-order valence-corrected chi connectivity index (χ1v) is 10.0. The monoisotopic (exact) mass is 366 g/mol. The highest BCUT2D eigenvalue weighted by Gasteiger charge is 2.42. The first kappa shape index (κ1) is 19.6. The molecule has 1 aromatic carbocycles. The lowest BCUT2D eigenvalue weighted by atomic mass is 9.74. The number of carbonyl (C=O) groups excluding carboxylic acids is 1. The SMILES string of the molecule is CCOC(=O)C1(CCCc2ccccc2)CCN(Cc2ccncc2)CC1. The molecular weight excluding hydrogens is 336 g/mol. The fourth-order valence-corrected chi connectivity index (χ4v) is 4.00. The minimum atomic E-state index is -0.320. The molecule has 144 valence electrons. The summed E-state index contributed by atoms with van der Waals surface area (Å²) in [4.78, 5) is 19.3. The highest BCUT2D eigenvalue weighted by Crippen LogP contribution is 2.38. The predicted octanol–water partition coefficient (Wildman–Crippen LogP) is 4.25. The number of hydrogen-bond acceptors (Lipinski definition) is 4. The van der Waals surface area contributed by atoms with Crippen LogP contribution in [0.1, 0.15) is 43.7 Å². The van der Waals surface area contributed by atoms with Gasteiger partial charge in [-0.05, 0) is 75.4 Å². The zero-order valence-electron chi connectivity index (χ0n) is 16.3. The minimum absolute atomic E-state index is 0.00150. The summed E-state index contributed by atoms with van der Waals surface area (Å²) >= 11 is 0. The largest absolute Gasteiger partial charge is 0.466 e. The molecule has 0 spiro atoms. The lowest BCUT2D eigenvalue weighted by Gasteiger charge is -2.40. The summed E-state index contributed by atoms with van der Waals surface area (Å²) < 4.78 is 5.48. The normalized spacial score (nSPS) is 16.8. The van der Waals surface area contributed by atoms with Crippen LogP contribution in [0.25, 0.3) is 0 Å². The Hall–Kier alpha value is -2.20. The van der Waals surface area contributed by atoms with Gasteiger partial charge in [-0.3, -0.25) is 14.7 Å². The van der Waals surface area contributed by atoms with Crippen LogP contribution < -0.4 is 0 Å². The maximum absolute atomic E-state index is 12.8. The molecule has 2 aromatic rings. The highest BCUT2D eigenvalue weighted by atomic mass is 16.5. The van der Waals surface area contributed by atoms with Crippen molar-refractivity contribution < 1.29 is 9.53 Å². The second-order valence-electron chi connectivity index (χ2n) is 7.47. The van der Waals surface area contributed by atoms with E-state index in [1.165, 1.54) is 11.1 Å². The van der Waals surface area contributed by atoms with E-state index in [0.29, 0.717) is 6.61 Å². The Labute approximate surface area is 162 Å². The molecule has 0 bridgehead atoms. The fourth-order valence-electron chi connectivity index (χ4n) is 4.00. The van der Waals surface area contributed by atoms with Gasteiger partial charge in [-0.15, -0.1) is 0 Å². The van der Waals surface area contributed by atoms with Crippen molar-refractivity contribution in [2.45, 2.75) is 45.6 Å². The first-order chi connectivity index (χ1) is 13.2. The minimum Gasteiger partial charge on any atom is -0.466 e. The van der Waals surface area contributed by atoms with E-state index in [9.17, 15) is 4.79 Å². The molecular formula is C23H30N2O2. The number of benzene rings is 1. The molecule has 27 heavy (non-hydrogen) atoms. The van der Waals surface area contributed by atoms with Crippen molar-refractivity contribution in [2.75, 3.05) is 19.7 Å². The smallest absolute Gasteiger partial charge is 0.312 e. The lowest BCUT2D eigenvalue weighted by molar-refractivity contribution is -0.159. The van der Waals surface area contributed by atoms with Gasteiger partial charge in [0.25, 0.3) is 0 Å². The molecule has 0 unspecified atom stereocenters. The van der Waals surface area contributed by atoms with Gasteiger partial charge in [0.15, 0.2) is 0 Å². The quantitative estimate of drug-likeness (QED) is 0.655. The summed E-state index contributed by atoms with van der Waals surface area (Å²) in [6, 6.07) is 14.6. The second-order valence-corrected chi connectivity index (χ2v) is 7.47. The van der Waals surface area contributed by atoms with Gasteiger partial charge in [0.1, 0.15) is 0 Å². The van der Waals surface area contributed by atoms with Crippen LogP contribution in [0.4, 0.5) is 0 Å².